The molecule has 1 heterocycles. The molecule has 0 aromatic heterocycles. The molecule has 3 amide bonds. The first-order valence-electron chi connectivity index (χ1n) is 11.0. The molecule has 1 aliphatic heterocycles. The Hall–Kier alpha value is -3.06. The van der Waals surface area contributed by atoms with Crippen LogP contribution in [0.25, 0.3) is 0 Å². The Morgan fingerprint density at radius 1 is 0.871 bits per heavy atom. The fourth-order valence-electron chi connectivity index (χ4n) is 3.91. The van der Waals surface area contributed by atoms with Crippen LogP contribution >= 0.6 is 0 Å². The molecule has 0 radical (unpaired) electrons. The maximum Gasteiger partial charge on any atom is 0.319 e. The van der Waals surface area contributed by atoms with E-state index in [1.54, 1.807) is 36.4 Å². The standard InChI is InChI=1S/C24H29N3O4/c28-23(17-7-13-21(14-8-17)31-20-4-1-2-5-20)26-18-9-11-19(12-10-18)27-24(29)25-16-22-6-3-15-30-22/h7-14,20,22H,1-6,15-16H2,(H,26,28)(H2,25,27,29). The van der Waals surface area contributed by atoms with E-state index in [-0.39, 0.29) is 18.0 Å². The van der Waals surface area contributed by atoms with Crippen molar-refractivity contribution in [3.05, 3.63) is 54.1 Å². The molecule has 3 N–H and O–H groups in total. The fourth-order valence-corrected chi connectivity index (χ4v) is 3.91. The second-order valence-electron chi connectivity index (χ2n) is 8.05. The monoisotopic (exact) mass is 423 g/mol. The molecule has 0 spiro atoms. The van der Waals surface area contributed by atoms with Gasteiger partial charge in [0.15, 0.2) is 0 Å². The maximum absolute atomic E-state index is 12.5. The van der Waals surface area contributed by atoms with Gasteiger partial charge in [0.25, 0.3) is 5.91 Å². The summed E-state index contributed by atoms with van der Waals surface area (Å²) in [4.78, 5) is 24.5. The van der Waals surface area contributed by atoms with Gasteiger partial charge in [-0.05, 0) is 87.1 Å². The number of nitrogens with one attached hydrogen (secondary N) is 3. The predicted octanol–water partition coefficient (Wildman–Crippen LogP) is 4.56. The first kappa shape index (κ1) is 21.2. The van der Waals surface area contributed by atoms with Crippen molar-refractivity contribution in [3.63, 3.8) is 0 Å². The number of hydrogen-bond acceptors (Lipinski definition) is 4. The normalized spacial score (nSPS) is 18.5. The highest BCUT2D eigenvalue weighted by Gasteiger charge is 2.17. The van der Waals surface area contributed by atoms with Crippen LogP contribution in [0.2, 0.25) is 0 Å². The Morgan fingerprint density at radius 3 is 2.19 bits per heavy atom. The van der Waals surface area contributed by atoms with E-state index in [2.05, 4.69) is 16.0 Å². The lowest BCUT2D eigenvalue weighted by Gasteiger charge is -2.13. The number of benzene rings is 2. The van der Waals surface area contributed by atoms with Crippen molar-refractivity contribution >= 4 is 23.3 Å². The smallest absolute Gasteiger partial charge is 0.319 e. The van der Waals surface area contributed by atoms with Gasteiger partial charge in [0.2, 0.25) is 0 Å². The van der Waals surface area contributed by atoms with E-state index in [9.17, 15) is 9.59 Å². The van der Waals surface area contributed by atoms with Gasteiger partial charge in [-0.2, -0.15) is 0 Å². The van der Waals surface area contributed by atoms with E-state index in [1.807, 2.05) is 12.1 Å². The molecule has 1 saturated carbocycles. The molecule has 1 saturated heterocycles. The van der Waals surface area contributed by atoms with Crippen molar-refractivity contribution in [2.75, 3.05) is 23.8 Å². The lowest BCUT2D eigenvalue weighted by atomic mass is 10.2. The van der Waals surface area contributed by atoms with Crippen molar-refractivity contribution in [2.24, 2.45) is 0 Å². The number of carbonyl (C=O) groups is 2. The Morgan fingerprint density at radius 2 is 1.55 bits per heavy atom. The van der Waals surface area contributed by atoms with E-state index >= 15 is 0 Å². The Kier molecular flexibility index (Phi) is 7.04. The number of amides is 3. The van der Waals surface area contributed by atoms with Crippen LogP contribution in [0.15, 0.2) is 48.5 Å². The second-order valence-corrected chi connectivity index (χ2v) is 8.05. The molecule has 2 aromatic carbocycles. The molecule has 7 nitrogen and oxygen atoms in total. The molecule has 2 aliphatic rings. The molecule has 164 valence electrons. The first-order chi connectivity index (χ1) is 15.2. The zero-order valence-corrected chi connectivity index (χ0v) is 17.6. The molecule has 1 aliphatic carbocycles. The number of urea groups is 1. The maximum atomic E-state index is 12.5. The van der Waals surface area contributed by atoms with Gasteiger partial charge in [-0.1, -0.05) is 0 Å². The van der Waals surface area contributed by atoms with Crippen molar-refractivity contribution in [2.45, 2.75) is 50.7 Å². The molecule has 1 unspecified atom stereocenters. The third kappa shape index (κ3) is 6.21. The molecule has 0 bridgehead atoms. The summed E-state index contributed by atoms with van der Waals surface area (Å²) >= 11 is 0. The van der Waals surface area contributed by atoms with Gasteiger partial charge >= 0.3 is 6.03 Å². The minimum Gasteiger partial charge on any atom is -0.490 e. The SMILES string of the molecule is O=C(NCC1CCCO1)Nc1ccc(NC(=O)c2ccc(OC3CCCC3)cc2)cc1. The Labute approximate surface area is 182 Å². The summed E-state index contributed by atoms with van der Waals surface area (Å²) in [6, 6.07) is 14.0. The summed E-state index contributed by atoms with van der Waals surface area (Å²) < 4.78 is 11.4. The average Bonchev–Trinajstić information content (AvgIpc) is 3.48. The minimum atomic E-state index is -0.271. The average molecular weight is 424 g/mol. The topological polar surface area (TPSA) is 88.7 Å². The molecule has 31 heavy (non-hydrogen) atoms. The van der Waals surface area contributed by atoms with Crippen LogP contribution in [0.4, 0.5) is 16.2 Å². The van der Waals surface area contributed by atoms with E-state index < -0.39 is 0 Å². The second kappa shape index (κ2) is 10.3. The predicted molar refractivity (Wildman–Crippen MR) is 120 cm³/mol. The minimum absolute atomic E-state index is 0.103. The molecule has 4 rings (SSSR count). The van der Waals surface area contributed by atoms with E-state index in [4.69, 9.17) is 9.47 Å². The lowest BCUT2D eigenvalue weighted by Crippen LogP contribution is -2.35. The molecule has 2 aromatic rings. The third-order valence-corrected chi connectivity index (χ3v) is 5.64. The number of hydrogen-bond donors (Lipinski definition) is 3. The largest absolute Gasteiger partial charge is 0.490 e. The summed E-state index contributed by atoms with van der Waals surface area (Å²) in [6.07, 6.45) is 7.06. The number of ether oxygens (including phenoxy) is 2. The molecular weight excluding hydrogens is 394 g/mol. The highest BCUT2D eigenvalue weighted by molar-refractivity contribution is 6.04. The Bertz CT molecular complexity index is 871. The molecule has 2 fully saturated rings. The van der Waals surface area contributed by atoms with Crippen LogP contribution in [-0.2, 0) is 4.74 Å². The van der Waals surface area contributed by atoms with Gasteiger partial charge in [-0.15, -0.1) is 0 Å². The van der Waals surface area contributed by atoms with Crippen LogP contribution in [-0.4, -0.2) is 37.3 Å². The molecule has 7 heteroatoms. The number of carbonyl (C=O) groups excluding carboxylic acids is 2. The first-order valence-corrected chi connectivity index (χ1v) is 11.0. The molecular formula is C24H29N3O4. The summed E-state index contributed by atoms with van der Waals surface area (Å²) in [5.74, 6) is 0.610. The summed E-state index contributed by atoms with van der Waals surface area (Å²) in [5, 5.41) is 8.46. The number of rotatable bonds is 7. The molecule has 1 atom stereocenters. The van der Waals surface area contributed by atoms with Gasteiger partial charge < -0.3 is 25.4 Å². The van der Waals surface area contributed by atoms with Gasteiger partial charge in [0, 0.05) is 30.1 Å². The highest BCUT2D eigenvalue weighted by Crippen LogP contribution is 2.24. The summed E-state index contributed by atoms with van der Waals surface area (Å²) in [6.45, 7) is 1.27. The van der Waals surface area contributed by atoms with Gasteiger partial charge in [0.05, 0.1) is 12.2 Å². The third-order valence-electron chi connectivity index (χ3n) is 5.64. The van der Waals surface area contributed by atoms with Crippen LogP contribution in [0.5, 0.6) is 5.75 Å². The van der Waals surface area contributed by atoms with Crippen LogP contribution in [0.1, 0.15) is 48.9 Å². The van der Waals surface area contributed by atoms with E-state index in [0.717, 1.165) is 38.0 Å². The fraction of sp³-hybridized carbons (Fsp3) is 0.417. The van der Waals surface area contributed by atoms with E-state index in [1.165, 1.54) is 12.8 Å². The zero-order valence-electron chi connectivity index (χ0n) is 17.6. The van der Waals surface area contributed by atoms with Gasteiger partial charge in [-0.3, -0.25) is 4.79 Å². The quantitative estimate of drug-likeness (QED) is 0.609. The Balaban J connectivity index is 1.24. The van der Waals surface area contributed by atoms with Crippen molar-refractivity contribution < 1.29 is 19.1 Å². The van der Waals surface area contributed by atoms with Crippen LogP contribution < -0.4 is 20.7 Å². The van der Waals surface area contributed by atoms with E-state index in [0.29, 0.717) is 29.6 Å². The zero-order chi connectivity index (χ0) is 21.5. The van der Waals surface area contributed by atoms with Crippen LogP contribution in [0.3, 0.4) is 0 Å². The lowest BCUT2D eigenvalue weighted by molar-refractivity contribution is 0.102. The van der Waals surface area contributed by atoms with Gasteiger partial charge in [-0.25, -0.2) is 4.79 Å². The van der Waals surface area contributed by atoms with Crippen LogP contribution in [0, 0.1) is 0 Å². The number of anilines is 2. The highest BCUT2D eigenvalue weighted by atomic mass is 16.5. The van der Waals surface area contributed by atoms with Crippen molar-refractivity contribution in [1.82, 2.24) is 5.32 Å². The van der Waals surface area contributed by atoms with Crippen molar-refractivity contribution in [1.29, 1.82) is 0 Å². The van der Waals surface area contributed by atoms with Gasteiger partial charge in [0.1, 0.15) is 5.75 Å². The summed E-state index contributed by atoms with van der Waals surface area (Å²) in [7, 11) is 0. The summed E-state index contributed by atoms with van der Waals surface area (Å²) in [5.41, 5.74) is 1.87. The van der Waals surface area contributed by atoms with Crippen molar-refractivity contribution in [3.8, 4) is 5.75 Å².